The van der Waals surface area contributed by atoms with Crippen LogP contribution >= 0.6 is 0 Å². The number of carbonyl (C=O) groups excluding carboxylic acids is 1. The van der Waals surface area contributed by atoms with Crippen molar-refractivity contribution in [3.8, 4) is 0 Å². The topological polar surface area (TPSA) is 54.0 Å². The Labute approximate surface area is 148 Å². The first-order valence-corrected chi connectivity index (χ1v) is 13.2. The summed E-state index contributed by atoms with van der Waals surface area (Å²) in [6.07, 6.45) is -0.223. The monoisotopic (exact) mass is 374 g/mol. The van der Waals surface area contributed by atoms with E-state index in [1.54, 1.807) is 0 Å². The highest BCUT2D eigenvalue weighted by Gasteiger charge is 2.60. The fourth-order valence-electron chi connectivity index (χ4n) is 4.01. The molecule has 0 spiro atoms. The molecule has 0 aromatic heterocycles. The Morgan fingerprint density at radius 2 is 1.33 bits per heavy atom. The molecule has 0 N–H and O–H groups in total. The zero-order valence-electron chi connectivity index (χ0n) is 16.4. The van der Waals surface area contributed by atoms with E-state index in [0.717, 1.165) is 0 Å². The minimum atomic E-state index is -2.59. The lowest BCUT2D eigenvalue weighted by Gasteiger charge is -2.50. The third kappa shape index (κ3) is 3.38. The summed E-state index contributed by atoms with van der Waals surface area (Å²) in [5.41, 5.74) is 1.16. The van der Waals surface area contributed by atoms with Gasteiger partial charge in [-0.05, 0) is 22.2 Å². The van der Waals surface area contributed by atoms with Crippen molar-refractivity contribution in [3.63, 3.8) is 0 Å². The first-order chi connectivity index (χ1) is 11.0. The first-order valence-electron chi connectivity index (χ1n) is 9.26. The van der Waals surface area contributed by atoms with E-state index in [2.05, 4.69) is 55.4 Å². The van der Waals surface area contributed by atoms with Crippen molar-refractivity contribution in [2.45, 2.75) is 96.2 Å². The average Bonchev–Trinajstić information content (AvgIpc) is 2.77. The van der Waals surface area contributed by atoms with Gasteiger partial charge in [-0.2, -0.15) is 0 Å². The van der Waals surface area contributed by atoms with Gasteiger partial charge in [-0.3, -0.25) is 4.79 Å². The highest BCUT2D eigenvalue weighted by Crippen LogP contribution is 2.46. The Morgan fingerprint density at radius 1 is 0.833 bits per heavy atom. The van der Waals surface area contributed by atoms with E-state index < -0.39 is 17.1 Å². The van der Waals surface area contributed by atoms with E-state index in [9.17, 15) is 4.79 Å². The second-order valence-electron chi connectivity index (χ2n) is 8.36. The molecular formula is C17H34O5Si2. The zero-order valence-corrected chi connectivity index (χ0v) is 18.4. The lowest BCUT2D eigenvalue weighted by Crippen LogP contribution is -2.65. The Bertz CT molecular complexity index is 448. The van der Waals surface area contributed by atoms with Crippen LogP contribution in [0.25, 0.3) is 0 Å². The molecule has 5 nitrogen and oxygen atoms in total. The van der Waals surface area contributed by atoms with Crippen molar-refractivity contribution in [2.75, 3.05) is 6.61 Å². The van der Waals surface area contributed by atoms with Crippen LogP contribution < -0.4 is 0 Å². The van der Waals surface area contributed by atoms with Gasteiger partial charge in [0.1, 0.15) is 6.10 Å². The molecule has 2 atom stereocenters. The molecule has 140 valence electrons. The molecule has 0 aromatic carbocycles. The fraction of sp³-hybridized carbons (Fsp3) is 0.941. The van der Waals surface area contributed by atoms with Crippen molar-refractivity contribution in [1.29, 1.82) is 0 Å². The fourth-order valence-corrected chi connectivity index (χ4v) is 15.2. The highest BCUT2D eigenvalue weighted by molar-refractivity contribution is 6.83. The maximum Gasteiger partial charge on any atom is 0.335 e. The standard InChI is InChI=1S/C17H34O5Si2/c1-11(2)23(12(3)4)19-10-16-15(9-17(18)20-16)21-24(22-23,13(5)6)14(7)8/h11-16H,9-10H2,1-8H3/t15-,16+/m0/s1. The Morgan fingerprint density at radius 3 is 1.79 bits per heavy atom. The van der Waals surface area contributed by atoms with Crippen LogP contribution in [0, 0.1) is 0 Å². The maximum atomic E-state index is 11.8. The molecule has 0 aromatic rings. The summed E-state index contributed by atoms with van der Waals surface area (Å²) in [5, 5.41) is 0. The van der Waals surface area contributed by atoms with Gasteiger partial charge in [0.25, 0.3) is 0 Å². The molecule has 2 aliphatic heterocycles. The molecule has 0 aliphatic carbocycles. The van der Waals surface area contributed by atoms with Gasteiger partial charge in [-0.1, -0.05) is 55.4 Å². The Kier molecular flexibility index (Phi) is 6.02. The Hall–Kier alpha value is -0.216. The molecule has 0 amide bonds. The summed E-state index contributed by atoms with van der Waals surface area (Å²) in [6.45, 7) is 17.9. The molecule has 2 fully saturated rings. The third-order valence-corrected chi connectivity index (χ3v) is 15.7. The van der Waals surface area contributed by atoms with Crippen molar-refractivity contribution >= 4 is 23.1 Å². The number of esters is 1. The molecule has 0 bridgehead atoms. The number of ether oxygens (including phenoxy) is 1. The minimum Gasteiger partial charge on any atom is -0.457 e. The summed E-state index contributed by atoms with van der Waals surface area (Å²) < 4.78 is 25.7. The van der Waals surface area contributed by atoms with Gasteiger partial charge in [0.05, 0.1) is 19.1 Å². The summed E-state index contributed by atoms with van der Waals surface area (Å²) in [6, 6.07) is 0. The average molecular weight is 375 g/mol. The predicted octanol–water partition coefficient (Wildman–Crippen LogP) is 4.26. The lowest BCUT2D eigenvalue weighted by molar-refractivity contribution is -0.143. The van der Waals surface area contributed by atoms with Crippen LogP contribution in [0.4, 0.5) is 0 Å². The largest absolute Gasteiger partial charge is 0.457 e. The summed E-state index contributed by atoms with van der Waals surface area (Å²) in [5.74, 6) is -0.188. The van der Waals surface area contributed by atoms with E-state index in [4.69, 9.17) is 17.7 Å². The molecule has 0 saturated carbocycles. The van der Waals surface area contributed by atoms with Gasteiger partial charge in [0.15, 0.2) is 0 Å². The second-order valence-corrected chi connectivity index (χ2v) is 17.2. The van der Waals surface area contributed by atoms with Gasteiger partial charge in [0.2, 0.25) is 0 Å². The summed E-state index contributed by atoms with van der Waals surface area (Å²) in [4.78, 5) is 11.8. The first kappa shape index (κ1) is 20.1. The number of fused-ring (bicyclic) bond motifs is 1. The van der Waals surface area contributed by atoms with E-state index in [1.165, 1.54) is 0 Å². The summed E-state index contributed by atoms with van der Waals surface area (Å²) in [7, 11) is -5.11. The van der Waals surface area contributed by atoms with Gasteiger partial charge >= 0.3 is 23.1 Å². The molecule has 0 radical (unpaired) electrons. The van der Waals surface area contributed by atoms with Crippen LogP contribution in [0.15, 0.2) is 0 Å². The van der Waals surface area contributed by atoms with Crippen molar-refractivity contribution in [2.24, 2.45) is 0 Å². The van der Waals surface area contributed by atoms with E-state index in [1.807, 2.05) is 0 Å². The quantitative estimate of drug-likeness (QED) is 0.543. The predicted molar refractivity (Wildman–Crippen MR) is 98.3 cm³/mol. The molecule has 0 unspecified atom stereocenters. The van der Waals surface area contributed by atoms with Crippen LogP contribution in [0.3, 0.4) is 0 Å². The van der Waals surface area contributed by atoms with E-state index in [0.29, 0.717) is 24.1 Å². The van der Waals surface area contributed by atoms with Crippen LogP contribution in [-0.4, -0.2) is 41.9 Å². The van der Waals surface area contributed by atoms with Crippen LogP contribution in [0.1, 0.15) is 61.8 Å². The van der Waals surface area contributed by atoms with Gasteiger partial charge in [-0.25, -0.2) is 0 Å². The zero-order chi connectivity index (χ0) is 18.3. The number of hydrogen-bond acceptors (Lipinski definition) is 5. The molecule has 2 heterocycles. The van der Waals surface area contributed by atoms with Gasteiger partial charge < -0.3 is 17.7 Å². The number of hydrogen-bond donors (Lipinski definition) is 0. The van der Waals surface area contributed by atoms with Crippen LogP contribution in [0.5, 0.6) is 0 Å². The normalized spacial score (nSPS) is 29.8. The molecule has 2 rings (SSSR count). The smallest absolute Gasteiger partial charge is 0.335 e. The van der Waals surface area contributed by atoms with E-state index >= 15 is 0 Å². The molecule has 2 aliphatic rings. The minimum absolute atomic E-state index is 0.188. The molecule has 24 heavy (non-hydrogen) atoms. The summed E-state index contributed by atoms with van der Waals surface area (Å²) >= 11 is 0. The third-order valence-electron chi connectivity index (χ3n) is 5.41. The van der Waals surface area contributed by atoms with Gasteiger partial charge in [0, 0.05) is 0 Å². The van der Waals surface area contributed by atoms with Crippen LogP contribution in [-0.2, 0) is 22.5 Å². The highest BCUT2D eigenvalue weighted by atomic mass is 28.5. The molecule has 7 heteroatoms. The lowest BCUT2D eigenvalue weighted by atomic mass is 10.2. The molecular weight excluding hydrogens is 340 g/mol. The van der Waals surface area contributed by atoms with E-state index in [-0.39, 0.29) is 29.3 Å². The Balaban J connectivity index is 2.51. The number of carbonyl (C=O) groups is 1. The number of rotatable bonds is 4. The van der Waals surface area contributed by atoms with Crippen LogP contribution in [0.2, 0.25) is 22.2 Å². The van der Waals surface area contributed by atoms with Crippen molar-refractivity contribution < 1.29 is 22.5 Å². The maximum absolute atomic E-state index is 11.8. The van der Waals surface area contributed by atoms with Gasteiger partial charge in [-0.15, -0.1) is 0 Å². The van der Waals surface area contributed by atoms with Crippen molar-refractivity contribution in [1.82, 2.24) is 0 Å². The molecule has 2 saturated heterocycles. The SMILES string of the molecule is CC(C)[Si]1(C(C)C)OC[C@H]2OC(=O)C[C@@H]2O[Si](C(C)C)(C(C)C)O1. The van der Waals surface area contributed by atoms with Crippen molar-refractivity contribution in [3.05, 3.63) is 0 Å². The second kappa shape index (κ2) is 7.19.